The quantitative estimate of drug-likeness (QED) is 0.701. The first-order valence-electron chi connectivity index (χ1n) is 7.03. The van der Waals surface area contributed by atoms with Gasteiger partial charge in [0.15, 0.2) is 0 Å². The van der Waals surface area contributed by atoms with Gasteiger partial charge in [0, 0.05) is 18.8 Å². The van der Waals surface area contributed by atoms with Crippen LogP contribution in [-0.4, -0.2) is 16.5 Å². The van der Waals surface area contributed by atoms with E-state index in [1.807, 2.05) is 6.07 Å². The van der Waals surface area contributed by atoms with Gasteiger partial charge in [-0.05, 0) is 47.5 Å². The van der Waals surface area contributed by atoms with Crippen LogP contribution in [0.4, 0.5) is 11.5 Å². The van der Waals surface area contributed by atoms with Crippen molar-refractivity contribution in [3.8, 4) is 0 Å². The number of anilines is 2. The van der Waals surface area contributed by atoms with Crippen LogP contribution in [0.5, 0.6) is 0 Å². The Morgan fingerprint density at radius 1 is 1.24 bits per heavy atom. The first kappa shape index (κ1) is 12.6. The molecule has 5 heteroatoms. The molecule has 3 heterocycles. The van der Waals surface area contributed by atoms with E-state index in [9.17, 15) is 0 Å². The van der Waals surface area contributed by atoms with E-state index in [0.717, 1.165) is 36.5 Å². The van der Waals surface area contributed by atoms with Crippen LogP contribution >= 0.6 is 11.3 Å². The monoisotopic (exact) mass is 296 g/mol. The van der Waals surface area contributed by atoms with Gasteiger partial charge in [0.2, 0.25) is 0 Å². The summed E-state index contributed by atoms with van der Waals surface area (Å²) in [5.41, 5.74) is 11.7. The van der Waals surface area contributed by atoms with E-state index in [4.69, 9.17) is 5.73 Å². The van der Waals surface area contributed by atoms with Gasteiger partial charge in [-0.2, -0.15) is 0 Å². The van der Waals surface area contributed by atoms with Gasteiger partial charge in [-0.15, -0.1) is 11.3 Å². The summed E-state index contributed by atoms with van der Waals surface area (Å²) in [6.07, 6.45) is 2.71. The first-order valence-corrected chi connectivity index (χ1v) is 7.91. The molecule has 4 rings (SSSR count). The predicted octanol–water partition coefficient (Wildman–Crippen LogP) is 3.14. The third-order valence-electron chi connectivity index (χ3n) is 4.05. The van der Waals surface area contributed by atoms with Crippen LogP contribution in [-0.2, 0) is 13.0 Å². The largest absolute Gasteiger partial charge is 0.399 e. The number of hydrogen-bond acceptors (Lipinski definition) is 5. The number of benzene rings is 1. The summed E-state index contributed by atoms with van der Waals surface area (Å²) < 4.78 is 1.18. The lowest BCUT2D eigenvalue weighted by atomic mass is 9.99. The second kappa shape index (κ2) is 4.70. The average molecular weight is 296 g/mol. The molecule has 0 unspecified atom stereocenters. The molecule has 2 N–H and O–H groups in total. The van der Waals surface area contributed by atoms with Gasteiger partial charge in [0.1, 0.15) is 12.1 Å². The van der Waals surface area contributed by atoms with Crippen molar-refractivity contribution >= 4 is 33.1 Å². The average Bonchev–Trinajstić information content (AvgIpc) is 2.88. The maximum absolute atomic E-state index is 5.92. The highest BCUT2D eigenvalue weighted by Gasteiger charge is 2.20. The van der Waals surface area contributed by atoms with E-state index in [-0.39, 0.29) is 0 Å². The van der Waals surface area contributed by atoms with Crippen molar-refractivity contribution < 1.29 is 0 Å². The van der Waals surface area contributed by atoms with Crippen molar-refractivity contribution in [3.63, 3.8) is 0 Å². The Morgan fingerprint density at radius 2 is 2.14 bits per heavy atom. The maximum Gasteiger partial charge on any atom is 0.150 e. The summed E-state index contributed by atoms with van der Waals surface area (Å²) in [7, 11) is 0. The van der Waals surface area contributed by atoms with Gasteiger partial charge in [-0.3, -0.25) is 0 Å². The van der Waals surface area contributed by atoms with Gasteiger partial charge in [0.05, 0.1) is 10.2 Å². The molecule has 21 heavy (non-hydrogen) atoms. The molecule has 106 valence electrons. The highest BCUT2D eigenvalue weighted by molar-refractivity contribution is 7.18. The molecule has 2 aromatic heterocycles. The molecule has 0 saturated heterocycles. The molecule has 0 amide bonds. The van der Waals surface area contributed by atoms with Crippen LogP contribution in [0.15, 0.2) is 29.9 Å². The molecular weight excluding hydrogens is 280 g/mol. The standard InChI is InChI=1S/C16H16N4S/c1-10-8-21-15-14(10)18-9-19-16(15)20-5-4-11-2-3-13(17)6-12(11)7-20/h2-3,6,8-9H,4-5,7,17H2,1H3. The second-order valence-corrected chi connectivity index (χ2v) is 6.37. The summed E-state index contributed by atoms with van der Waals surface area (Å²) in [6, 6.07) is 6.21. The molecule has 1 aromatic carbocycles. The zero-order valence-corrected chi connectivity index (χ0v) is 12.7. The van der Waals surface area contributed by atoms with Crippen molar-refractivity contribution in [2.24, 2.45) is 0 Å². The zero-order valence-electron chi connectivity index (χ0n) is 11.8. The fourth-order valence-corrected chi connectivity index (χ4v) is 3.96. The molecule has 1 aliphatic heterocycles. The smallest absolute Gasteiger partial charge is 0.150 e. The Balaban J connectivity index is 1.77. The summed E-state index contributed by atoms with van der Waals surface area (Å²) >= 11 is 1.73. The molecule has 0 bridgehead atoms. The molecule has 0 aliphatic carbocycles. The van der Waals surface area contributed by atoms with Crippen LogP contribution in [0, 0.1) is 6.92 Å². The summed E-state index contributed by atoms with van der Waals surface area (Å²) in [5.74, 6) is 1.05. The fourth-order valence-electron chi connectivity index (χ4n) is 2.94. The van der Waals surface area contributed by atoms with E-state index < -0.39 is 0 Å². The van der Waals surface area contributed by atoms with Crippen LogP contribution in [0.25, 0.3) is 10.2 Å². The lowest BCUT2D eigenvalue weighted by Gasteiger charge is -2.30. The second-order valence-electron chi connectivity index (χ2n) is 5.49. The van der Waals surface area contributed by atoms with Gasteiger partial charge in [0.25, 0.3) is 0 Å². The minimum atomic E-state index is 0.829. The van der Waals surface area contributed by atoms with Crippen LogP contribution in [0.1, 0.15) is 16.7 Å². The summed E-state index contributed by atoms with van der Waals surface area (Å²) in [5, 5.41) is 2.15. The lowest BCUT2D eigenvalue weighted by molar-refractivity contribution is 0.724. The molecule has 1 aliphatic rings. The van der Waals surface area contributed by atoms with Gasteiger partial charge in [-0.1, -0.05) is 6.07 Å². The predicted molar refractivity (Wildman–Crippen MR) is 87.8 cm³/mol. The Hall–Kier alpha value is -2.14. The number of fused-ring (bicyclic) bond motifs is 2. The van der Waals surface area contributed by atoms with Crippen molar-refractivity contribution in [1.82, 2.24) is 9.97 Å². The minimum absolute atomic E-state index is 0.829. The normalized spacial score (nSPS) is 14.4. The molecule has 0 saturated carbocycles. The third-order valence-corrected chi connectivity index (χ3v) is 5.14. The topological polar surface area (TPSA) is 55.0 Å². The Bertz CT molecular complexity index is 824. The molecule has 3 aromatic rings. The van der Waals surface area contributed by atoms with Crippen molar-refractivity contribution in [1.29, 1.82) is 0 Å². The van der Waals surface area contributed by atoms with E-state index in [2.05, 4.69) is 39.3 Å². The van der Waals surface area contributed by atoms with E-state index in [1.165, 1.54) is 21.4 Å². The van der Waals surface area contributed by atoms with Crippen molar-refractivity contribution in [2.45, 2.75) is 19.9 Å². The molecule has 0 atom stereocenters. The van der Waals surface area contributed by atoms with Gasteiger partial charge >= 0.3 is 0 Å². The molecule has 0 radical (unpaired) electrons. The lowest BCUT2D eigenvalue weighted by Crippen LogP contribution is -2.31. The highest BCUT2D eigenvalue weighted by Crippen LogP contribution is 2.33. The Kier molecular flexibility index (Phi) is 2.82. The third kappa shape index (κ3) is 2.05. The van der Waals surface area contributed by atoms with Crippen LogP contribution < -0.4 is 10.6 Å². The van der Waals surface area contributed by atoms with Crippen molar-refractivity contribution in [3.05, 3.63) is 46.6 Å². The Labute approximate surface area is 127 Å². The van der Waals surface area contributed by atoms with Crippen LogP contribution in [0.2, 0.25) is 0 Å². The molecule has 0 fully saturated rings. The fraction of sp³-hybridized carbons (Fsp3) is 0.250. The molecule has 0 spiro atoms. The summed E-state index contributed by atoms with van der Waals surface area (Å²) in [6.45, 7) is 3.95. The molecule has 4 nitrogen and oxygen atoms in total. The molecular formula is C16H16N4S. The van der Waals surface area contributed by atoms with E-state index >= 15 is 0 Å². The van der Waals surface area contributed by atoms with E-state index in [0.29, 0.717) is 0 Å². The number of rotatable bonds is 1. The number of hydrogen-bond donors (Lipinski definition) is 1. The first-order chi connectivity index (χ1) is 10.2. The minimum Gasteiger partial charge on any atom is -0.399 e. The van der Waals surface area contributed by atoms with Gasteiger partial charge < -0.3 is 10.6 Å². The number of aromatic nitrogens is 2. The number of nitrogen functional groups attached to an aromatic ring is 1. The van der Waals surface area contributed by atoms with Crippen molar-refractivity contribution in [2.75, 3.05) is 17.2 Å². The number of aryl methyl sites for hydroxylation is 1. The SMILES string of the molecule is Cc1csc2c(N3CCc4ccc(N)cc4C3)ncnc12. The zero-order chi connectivity index (χ0) is 14.4. The van der Waals surface area contributed by atoms with Gasteiger partial charge in [-0.25, -0.2) is 9.97 Å². The summed E-state index contributed by atoms with van der Waals surface area (Å²) in [4.78, 5) is 11.3. The Morgan fingerprint density at radius 3 is 3.05 bits per heavy atom. The van der Waals surface area contributed by atoms with E-state index in [1.54, 1.807) is 17.7 Å². The highest BCUT2D eigenvalue weighted by atomic mass is 32.1. The van der Waals surface area contributed by atoms with Crippen LogP contribution in [0.3, 0.4) is 0 Å². The number of thiophene rings is 1. The number of nitrogens with zero attached hydrogens (tertiary/aromatic N) is 3. The number of nitrogens with two attached hydrogens (primary N) is 1. The maximum atomic E-state index is 5.92.